The van der Waals surface area contributed by atoms with Crippen molar-refractivity contribution < 1.29 is 680 Å². The number of rotatable bonds is 29. The number of carbonyl (C=O) groups is 12. The minimum absolute atomic E-state index is 0. The number of carboxylic acids is 1. The van der Waals surface area contributed by atoms with Gasteiger partial charge in [0.05, 0.1) is 26.4 Å². The van der Waals surface area contributed by atoms with Crippen molar-refractivity contribution in [1.29, 1.82) is 0 Å². The third-order valence-electron chi connectivity index (χ3n) is 23.8. The second kappa shape index (κ2) is 67.5. The van der Waals surface area contributed by atoms with Crippen LogP contribution in [-0.2, 0) is 109 Å². The van der Waals surface area contributed by atoms with Crippen molar-refractivity contribution in [3.8, 4) is 0 Å². The van der Waals surface area contributed by atoms with Crippen LogP contribution in [0.3, 0.4) is 0 Å². The summed E-state index contributed by atoms with van der Waals surface area (Å²) in [7, 11) is 0. The van der Waals surface area contributed by atoms with E-state index in [-0.39, 0.29) is 546 Å². The molecule has 0 unspecified atom stereocenters. The number of ketones is 1. The number of hydrogen-bond acceptors (Lipinski definition) is 20. The van der Waals surface area contributed by atoms with Crippen LogP contribution in [0, 0.1) is 51.8 Å². The van der Waals surface area contributed by atoms with E-state index in [9.17, 15) is 174 Å². The third kappa shape index (κ3) is 51.8. The number of Topliss-reactive ketones (excluding diaryl/α,β-unsaturated/α-hetero) is 1. The Morgan fingerprint density at radius 3 is 0.685 bits per heavy atom. The zero-order valence-electron chi connectivity index (χ0n) is 85.1. The SMILES string of the molecule is CC(=O)[C@H]1C[C@@H]1[B-](F)(F)F.CC(C)(C)OC(=O)[C@@H]1C[C@@H]1[B-](F)(F)F.CC(C)(C)OC(=O)[C@H]1C[C@@H]1[B-](F)(F)F.CCOC(=O)C1(C(=O)OCC)C[C@@H]1[B-](F)(F)F.CCOC(=O)[C@@]1(C(=O)N2CCCC2)C[C@@H]1[B-](F)(F)F.CCOC(=O)[C@]1(C(=O)N2CCCC2)C[C@@H]1[B-](F)(F)F.O=C(O)[C@H]1C[C@@H]1[B-](F)(F)F.O=C(OCc1ccccc1)[C@@H]1C[C@@H]1[B-](F)(F)F.O=C(OCc1ccccc1)[C@H]1C[C@@H]1[B-](F)(F)F.[K+].[K+].[K+].[K+].[K+].[K+].[K+].[K+].[K+]. The Labute approximate surface area is 1210 Å². The van der Waals surface area contributed by atoms with Crippen LogP contribution in [0.1, 0.15) is 171 Å². The number of halogens is 27. The summed E-state index contributed by atoms with van der Waals surface area (Å²) in [6.45, 7) is -26.3. The van der Waals surface area contributed by atoms with Gasteiger partial charge in [0, 0.05) is 55.8 Å². The molecule has 68 heteroatoms. The van der Waals surface area contributed by atoms with Crippen LogP contribution in [-0.4, -0.2) is 213 Å². The van der Waals surface area contributed by atoms with Gasteiger partial charge in [-0.15, -0.1) is 0 Å². The minimum Gasteiger partial charge on any atom is -0.481 e. The summed E-state index contributed by atoms with van der Waals surface area (Å²) in [6.07, 6.45) is 0.990. The summed E-state index contributed by atoms with van der Waals surface area (Å²) in [5, 5.41) is 8.10. The van der Waals surface area contributed by atoms with E-state index in [0.717, 1.165) is 36.8 Å². The van der Waals surface area contributed by atoms with Gasteiger partial charge in [-0.1, -0.05) is 147 Å². The second-order valence-corrected chi connectivity index (χ2v) is 37.1. The number of nitrogens with zero attached hydrogens (tertiary/aromatic N) is 2. The van der Waals surface area contributed by atoms with Crippen molar-refractivity contribution in [3.63, 3.8) is 0 Å². The number of esters is 8. The summed E-state index contributed by atoms with van der Waals surface area (Å²) < 4.78 is 370. The predicted octanol–water partition coefficient (Wildman–Crippen LogP) is -7.50. The molecule has 2 aromatic carbocycles. The first-order valence-corrected chi connectivity index (χ1v) is 44.2. The average molecular weight is 2370 g/mol. The molecule has 2 aromatic rings. The Hall–Kier alpha value is 5.70. The average Bonchev–Trinajstić information content (AvgIpc) is 1.54. The molecule has 778 valence electrons. The van der Waals surface area contributed by atoms with Crippen molar-refractivity contribution in [1.82, 2.24) is 9.80 Å². The molecule has 17 atom stereocenters. The second-order valence-electron chi connectivity index (χ2n) is 37.1. The largest absolute Gasteiger partial charge is 1.00 e. The number of hydrogen-bond donors (Lipinski definition) is 1. The summed E-state index contributed by atoms with van der Waals surface area (Å²) in [6, 6.07) is 17.8. The third-order valence-corrected chi connectivity index (χ3v) is 23.8. The number of ether oxygens (including phenoxy) is 8. The summed E-state index contributed by atoms with van der Waals surface area (Å²) >= 11 is 0. The van der Waals surface area contributed by atoms with Gasteiger partial charge in [0.25, 0.3) is 0 Å². The van der Waals surface area contributed by atoms with Crippen molar-refractivity contribution in [2.75, 3.05) is 52.6 Å². The summed E-state index contributed by atoms with van der Waals surface area (Å²) in [5.74, 6) is -30.1. The molecule has 2 heterocycles. The molecular weight excluding hydrogens is 2260 g/mol. The van der Waals surface area contributed by atoms with Gasteiger partial charge >= 0.3 is 579 Å². The summed E-state index contributed by atoms with van der Waals surface area (Å²) in [5.41, 5.74) is -5.99. The first-order chi connectivity index (χ1) is 62.5. The molecule has 11 aliphatic rings. The van der Waals surface area contributed by atoms with Gasteiger partial charge < -0.3 is 169 Å². The summed E-state index contributed by atoms with van der Waals surface area (Å²) in [4.78, 5) is 139. The van der Waals surface area contributed by atoms with Crippen molar-refractivity contribution in [2.45, 2.75) is 236 Å². The molecule has 11 fully saturated rings. The van der Waals surface area contributed by atoms with E-state index in [0.29, 0.717) is 26.2 Å². The molecule has 0 bridgehead atoms. The van der Waals surface area contributed by atoms with Crippen LogP contribution in [0.25, 0.3) is 0 Å². The fourth-order valence-corrected chi connectivity index (χ4v) is 15.4. The van der Waals surface area contributed by atoms with Crippen LogP contribution in [0.4, 0.5) is 117 Å². The maximum atomic E-state index is 12.9. The van der Waals surface area contributed by atoms with Gasteiger partial charge in [0.2, 0.25) is 11.8 Å². The maximum Gasteiger partial charge on any atom is 1.00 e. The molecule has 9 aliphatic carbocycles. The minimum atomic E-state index is -5.25. The van der Waals surface area contributed by atoms with Crippen LogP contribution in [0.2, 0.25) is 52.4 Å². The van der Waals surface area contributed by atoms with E-state index < -0.39 is 263 Å². The fraction of sp³-hybridized carbons (Fsp3) is 0.692. The molecule has 13 rings (SSSR count). The van der Waals surface area contributed by atoms with Crippen molar-refractivity contribution in [3.05, 3.63) is 71.8 Å². The first-order valence-electron chi connectivity index (χ1n) is 44.2. The van der Waals surface area contributed by atoms with E-state index in [4.69, 9.17) is 33.5 Å². The van der Waals surface area contributed by atoms with Gasteiger partial charge in [-0.05, 0) is 143 Å². The number of carbonyl (C=O) groups excluding carboxylic acids is 11. The molecule has 9 saturated carbocycles. The van der Waals surface area contributed by atoms with E-state index in [1.54, 1.807) is 90.1 Å². The van der Waals surface area contributed by atoms with Gasteiger partial charge in [0.15, 0.2) is 0 Å². The number of amides is 2. The van der Waals surface area contributed by atoms with Gasteiger partial charge in [0.1, 0.15) is 46.4 Å². The molecule has 1 N–H and O–H groups in total. The molecular formula is C78H105B9F27K9N2O21. The van der Waals surface area contributed by atoms with Gasteiger partial charge in [-0.3, -0.25) is 57.5 Å². The van der Waals surface area contributed by atoms with Crippen LogP contribution < -0.4 is 462 Å². The molecule has 2 saturated heterocycles. The fourth-order valence-electron chi connectivity index (χ4n) is 15.4. The number of likely N-dealkylation sites (tertiary alicyclic amines) is 2. The molecule has 2 amide bonds. The van der Waals surface area contributed by atoms with E-state index >= 15 is 0 Å². The Balaban J connectivity index is -0.000000510. The zero-order valence-corrected chi connectivity index (χ0v) is 113. The normalized spacial score (nSPS) is 25.5. The molecule has 0 radical (unpaired) electrons. The quantitative estimate of drug-likeness (QED) is 0.0260. The molecule has 23 nitrogen and oxygen atoms in total. The van der Waals surface area contributed by atoms with Gasteiger partial charge in [-0.25, -0.2) is 0 Å². The van der Waals surface area contributed by atoms with Crippen LogP contribution in [0.5, 0.6) is 0 Å². The first kappa shape index (κ1) is 160. The predicted molar refractivity (Wildman–Crippen MR) is 446 cm³/mol. The smallest absolute Gasteiger partial charge is 0.481 e. The van der Waals surface area contributed by atoms with E-state index in [2.05, 4.69) is 9.47 Å². The van der Waals surface area contributed by atoms with E-state index in [1.165, 1.54) is 44.4 Å². The number of carboxylic acid groups (broad SMARTS) is 1. The molecule has 146 heavy (non-hydrogen) atoms. The molecule has 2 aliphatic heterocycles. The molecule has 0 spiro atoms. The number of aliphatic carboxylic acids is 1. The standard InChI is InChI=1S/2C11H16BF3NO3.2C11H11BF3O2.C9H13BF3O4.2C8H13BF3O2.C5H7BF3O.C4H5BF3O2.9K/c2*1-2-19-10(18)11(7-8(11)12(13,14)15)9(17)16-5-3-4-6-16;2*13-12(14,15)10-6-9(10)11(16)17-7-8-4-2-1-3-5-8;1-3-16-7(14)9(8(15)17-4-2)5-6(9)10(11,12)13;2*1-8(2,3)14-7(13)5-4-6(5)9(10,11)12;1-3(10)4-2-5(4)6(7,8)9;6-5(7,8)3-1-2(3)4(9)10;;;;;;;;;/h2*8H,2-7H2,1H3;2*1-5,9-10H,6-7H2;6H,3-5H2,1-2H3;2*5-6H,4H2,1-3H3;4-5H,2H2,1H3;2-3H,1H2,(H,9,10);;;;;;;;;/q9*-1;9*+1/t8-,11+;8-,11-;9-,10+;9-,10-;6-;5-,6+;5-,6-;4-,5+;2-,3-;;;;;;;;;/m001001010........./s1. The van der Waals surface area contributed by atoms with Crippen LogP contribution >= 0.6 is 0 Å². The zero-order chi connectivity index (χ0) is 105. The molecule has 0 aromatic heterocycles. The monoisotopic (exact) mass is 2370 g/mol. The maximum absolute atomic E-state index is 12.9. The Bertz CT molecular complexity index is 4260. The Morgan fingerprint density at radius 1 is 0.308 bits per heavy atom. The Kier molecular flexibility index (Phi) is 74.0. The Morgan fingerprint density at radius 2 is 0.514 bits per heavy atom. The topological polar surface area (TPSA) is 305 Å². The van der Waals surface area contributed by atoms with E-state index in [1.807, 2.05) is 12.1 Å². The van der Waals surface area contributed by atoms with Crippen molar-refractivity contribution in [2.24, 2.45) is 51.8 Å². The van der Waals surface area contributed by atoms with Gasteiger partial charge in [-0.2, -0.15) is 0 Å². The van der Waals surface area contributed by atoms with Crippen molar-refractivity contribution >= 4 is 134 Å². The number of benzene rings is 2. The van der Waals surface area contributed by atoms with Crippen LogP contribution in [0.15, 0.2) is 60.7 Å².